The van der Waals surface area contributed by atoms with Crippen molar-refractivity contribution in [1.29, 1.82) is 0 Å². The van der Waals surface area contributed by atoms with E-state index in [-0.39, 0.29) is 0 Å². The first-order valence-corrected chi connectivity index (χ1v) is 4.97. The SMILES string of the molecule is c1cc2c(cn1)Oc1cnccc1CC2. The van der Waals surface area contributed by atoms with Crippen LogP contribution in [0.1, 0.15) is 11.1 Å². The summed E-state index contributed by atoms with van der Waals surface area (Å²) < 4.78 is 5.78. The van der Waals surface area contributed by atoms with Gasteiger partial charge in [0.1, 0.15) is 11.5 Å². The van der Waals surface area contributed by atoms with Gasteiger partial charge in [-0.25, -0.2) is 0 Å². The highest BCUT2D eigenvalue weighted by Crippen LogP contribution is 2.31. The molecule has 3 rings (SSSR count). The third-order valence-corrected chi connectivity index (χ3v) is 2.62. The van der Waals surface area contributed by atoms with E-state index < -0.39 is 0 Å². The van der Waals surface area contributed by atoms with Gasteiger partial charge in [0.2, 0.25) is 0 Å². The Bertz CT molecular complexity index is 451. The number of hydrogen-bond donors (Lipinski definition) is 0. The number of hydrogen-bond acceptors (Lipinski definition) is 3. The Morgan fingerprint density at radius 3 is 1.93 bits per heavy atom. The summed E-state index contributed by atoms with van der Waals surface area (Å²) in [5.41, 5.74) is 2.42. The van der Waals surface area contributed by atoms with E-state index in [4.69, 9.17) is 4.74 Å². The van der Waals surface area contributed by atoms with Crippen LogP contribution in [-0.4, -0.2) is 9.97 Å². The Kier molecular flexibility index (Phi) is 1.88. The summed E-state index contributed by atoms with van der Waals surface area (Å²) >= 11 is 0. The highest BCUT2D eigenvalue weighted by molar-refractivity contribution is 5.41. The lowest BCUT2D eigenvalue weighted by Gasteiger charge is -2.06. The molecule has 15 heavy (non-hydrogen) atoms. The van der Waals surface area contributed by atoms with E-state index >= 15 is 0 Å². The van der Waals surface area contributed by atoms with Gasteiger partial charge >= 0.3 is 0 Å². The predicted molar refractivity (Wildman–Crippen MR) is 56.0 cm³/mol. The van der Waals surface area contributed by atoms with Gasteiger partial charge in [0.25, 0.3) is 0 Å². The van der Waals surface area contributed by atoms with E-state index in [9.17, 15) is 0 Å². The molecule has 3 nitrogen and oxygen atoms in total. The maximum absolute atomic E-state index is 5.78. The molecule has 1 aliphatic heterocycles. The van der Waals surface area contributed by atoms with Crippen molar-refractivity contribution in [2.45, 2.75) is 12.8 Å². The van der Waals surface area contributed by atoms with Crippen molar-refractivity contribution in [3.63, 3.8) is 0 Å². The zero-order valence-electron chi connectivity index (χ0n) is 8.18. The van der Waals surface area contributed by atoms with Crippen molar-refractivity contribution >= 4 is 0 Å². The fraction of sp³-hybridized carbons (Fsp3) is 0.167. The second-order valence-corrected chi connectivity index (χ2v) is 3.57. The van der Waals surface area contributed by atoms with E-state index in [1.807, 2.05) is 12.1 Å². The topological polar surface area (TPSA) is 35.0 Å². The van der Waals surface area contributed by atoms with Crippen LogP contribution in [0.15, 0.2) is 36.9 Å². The molecule has 2 aromatic heterocycles. The fourth-order valence-electron chi connectivity index (χ4n) is 1.80. The Hall–Kier alpha value is -1.90. The second-order valence-electron chi connectivity index (χ2n) is 3.57. The standard InChI is InChI=1S/C12H10N2O/c1-2-10-4-6-14-8-12(10)15-11-7-13-5-3-9(1)11/h3-8H,1-2H2. The van der Waals surface area contributed by atoms with E-state index in [0.29, 0.717) is 0 Å². The van der Waals surface area contributed by atoms with Gasteiger partial charge in [-0.1, -0.05) is 0 Å². The summed E-state index contributed by atoms with van der Waals surface area (Å²) in [5.74, 6) is 1.70. The molecule has 0 amide bonds. The Labute approximate surface area is 87.8 Å². The molecule has 0 radical (unpaired) electrons. The normalized spacial score (nSPS) is 13.3. The smallest absolute Gasteiger partial charge is 0.148 e. The van der Waals surface area contributed by atoms with Gasteiger partial charge in [-0.15, -0.1) is 0 Å². The van der Waals surface area contributed by atoms with Crippen LogP contribution < -0.4 is 4.74 Å². The van der Waals surface area contributed by atoms with Gasteiger partial charge < -0.3 is 4.74 Å². The molecule has 0 bridgehead atoms. The molecule has 0 fully saturated rings. The second kappa shape index (κ2) is 3.35. The molecule has 0 aliphatic carbocycles. The van der Waals surface area contributed by atoms with Crippen LogP contribution in [0.25, 0.3) is 0 Å². The first-order valence-electron chi connectivity index (χ1n) is 4.97. The number of nitrogens with zero attached hydrogens (tertiary/aromatic N) is 2. The molecule has 2 aromatic rings. The zero-order chi connectivity index (χ0) is 10.1. The summed E-state index contributed by atoms with van der Waals surface area (Å²) in [6.45, 7) is 0. The van der Waals surface area contributed by atoms with Crippen molar-refractivity contribution < 1.29 is 4.74 Å². The van der Waals surface area contributed by atoms with Gasteiger partial charge in [0.15, 0.2) is 0 Å². The minimum absolute atomic E-state index is 0.851. The van der Waals surface area contributed by atoms with Crippen LogP contribution in [0.5, 0.6) is 11.5 Å². The maximum Gasteiger partial charge on any atom is 0.148 e. The lowest BCUT2D eigenvalue weighted by Crippen LogP contribution is -1.88. The highest BCUT2D eigenvalue weighted by atomic mass is 16.5. The molecule has 3 heteroatoms. The molecule has 0 spiro atoms. The molecule has 0 saturated heterocycles. The number of ether oxygens (including phenoxy) is 1. The van der Waals surface area contributed by atoms with E-state index in [1.165, 1.54) is 11.1 Å². The summed E-state index contributed by atoms with van der Waals surface area (Å²) in [4.78, 5) is 8.13. The first kappa shape index (κ1) is 8.41. The zero-order valence-corrected chi connectivity index (χ0v) is 8.18. The van der Waals surface area contributed by atoms with Gasteiger partial charge in [0.05, 0.1) is 12.4 Å². The number of aromatic nitrogens is 2. The Morgan fingerprint density at radius 2 is 1.40 bits per heavy atom. The molecule has 0 saturated carbocycles. The molecular weight excluding hydrogens is 188 g/mol. The fourth-order valence-corrected chi connectivity index (χ4v) is 1.80. The van der Waals surface area contributed by atoms with Crippen molar-refractivity contribution in [3.8, 4) is 11.5 Å². The van der Waals surface area contributed by atoms with Crippen molar-refractivity contribution in [2.75, 3.05) is 0 Å². The molecular formula is C12H10N2O. The summed E-state index contributed by atoms with van der Waals surface area (Å²) in [7, 11) is 0. The summed E-state index contributed by atoms with van der Waals surface area (Å²) in [5, 5.41) is 0. The van der Waals surface area contributed by atoms with Crippen LogP contribution in [0.4, 0.5) is 0 Å². The van der Waals surface area contributed by atoms with Crippen molar-refractivity contribution in [1.82, 2.24) is 9.97 Å². The average Bonchev–Trinajstić information content (AvgIpc) is 2.48. The van der Waals surface area contributed by atoms with Gasteiger partial charge in [-0.3, -0.25) is 9.97 Å². The number of fused-ring (bicyclic) bond motifs is 2. The van der Waals surface area contributed by atoms with Crippen LogP contribution in [-0.2, 0) is 12.8 Å². The van der Waals surface area contributed by atoms with E-state index in [0.717, 1.165) is 24.3 Å². The first-order chi connectivity index (χ1) is 7.43. The number of rotatable bonds is 0. The van der Waals surface area contributed by atoms with Gasteiger partial charge in [-0.05, 0) is 36.1 Å². The summed E-state index contributed by atoms with van der Waals surface area (Å²) in [6.07, 6.45) is 9.12. The molecule has 0 atom stereocenters. The number of pyridine rings is 2. The van der Waals surface area contributed by atoms with Crippen molar-refractivity contribution in [3.05, 3.63) is 48.0 Å². The third-order valence-electron chi connectivity index (χ3n) is 2.62. The Morgan fingerprint density at radius 1 is 0.867 bits per heavy atom. The van der Waals surface area contributed by atoms with E-state index in [1.54, 1.807) is 24.8 Å². The van der Waals surface area contributed by atoms with Gasteiger partial charge in [0, 0.05) is 12.4 Å². The maximum atomic E-state index is 5.78. The molecule has 3 heterocycles. The molecule has 1 aliphatic rings. The Balaban J connectivity index is 2.10. The van der Waals surface area contributed by atoms with Gasteiger partial charge in [-0.2, -0.15) is 0 Å². The third kappa shape index (κ3) is 1.46. The monoisotopic (exact) mass is 198 g/mol. The average molecular weight is 198 g/mol. The largest absolute Gasteiger partial charge is 0.454 e. The predicted octanol–water partition coefficient (Wildman–Crippen LogP) is 2.37. The molecule has 0 unspecified atom stereocenters. The lowest BCUT2D eigenvalue weighted by atomic mass is 10.1. The van der Waals surface area contributed by atoms with Crippen LogP contribution in [0, 0.1) is 0 Å². The lowest BCUT2D eigenvalue weighted by molar-refractivity contribution is 0.474. The minimum atomic E-state index is 0.851. The summed E-state index contributed by atoms with van der Waals surface area (Å²) in [6, 6.07) is 4.02. The molecule has 0 aromatic carbocycles. The van der Waals surface area contributed by atoms with Crippen LogP contribution >= 0.6 is 0 Å². The minimum Gasteiger partial charge on any atom is -0.454 e. The van der Waals surface area contributed by atoms with E-state index in [2.05, 4.69) is 9.97 Å². The number of aryl methyl sites for hydroxylation is 2. The molecule has 0 N–H and O–H groups in total. The highest BCUT2D eigenvalue weighted by Gasteiger charge is 2.13. The molecule has 74 valence electrons. The van der Waals surface area contributed by atoms with Crippen LogP contribution in [0.3, 0.4) is 0 Å². The van der Waals surface area contributed by atoms with Crippen LogP contribution in [0.2, 0.25) is 0 Å². The van der Waals surface area contributed by atoms with Crippen molar-refractivity contribution in [2.24, 2.45) is 0 Å². The quantitative estimate of drug-likeness (QED) is 0.651.